The number of imide groups is 1. The molecule has 2 aliphatic heterocycles. The molecule has 6 nitrogen and oxygen atoms in total. The Labute approximate surface area is 158 Å². The van der Waals surface area contributed by atoms with E-state index in [2.05, 4.69) is 21.8 Å². The number of likely N-dealkylation sites (N-methyl/N-ethyl adjacent to an activating group) is 1. The van der Waals surface area contributed by atoms with Gasteiger partial charge in [0.15, 0.2) is 0 Å². The summed E-state index contributed by atoms with van der Waals surface area (Å²) in [5.41, 5.74) is 2.51. The highest BCUT2D eigenvalue weighted by molar-refractivity contribution is 6.35. The van der Waals surface area contributed by atoms with Gasteiger partial charge in [0, 0.05) is 32.4 Å². The monoisotopic (exact) mass is 362 g/mol. The number of carbonyl (C=O) groups excluding carboxylic acids is 2. The van der Waals surface area contributed by atoms with E-state index in [1.807, 2.05) is 48.5 Å². The second-order valence-corrected chi connectivity index (χ2v) is 6.90. The van der Waals surface area contributed by atoms with Gasteiger partial charge in [-0.15, -0.1) is 0 Å². The summed E-state index contributed by atoms with van der Waals surface area (Å²) in [5.74, 6) is -0.472. The number of carbonyl (C=O) groups is 2. The first-order chi connectivity index (χ1) is 13.1. The Balaban J connectivity index is 1.71. The van der Waals surface area contributed by atoms with Gasteiger partial charge in [-0.1, -0.05) is 36.4 Å². The van der Waals surface area contributed by atoms with Crippen LogP contribution in [0.2, 0.25) is 0 Å². The van der Waals surface area contributed by atoms with Crippen LogP contribution in [0.5, 0.6) is 0 Å². The molecule has 0 spiro atoms. The van der Waals surface area contributed by atoms with Crippen molar-refractivity contribution in [1.82, 2.24) is 19.7 Å². The van der Waals surface area contributed by atoms with Crippen LogP contribution in [0.25, 0.3) is 5.57 Å². The van der Waals surface area contributed by atoms with Gasteiger partial charge < -0.3 is 9.80 Å². The van der Waals surface area contributed by atoms with Gasteiger partial charge >= 0.3 is 0 Å². The van der Waals surface area contributed by atoms with E-state index in [9.17, 15) is 9.59 Å². The Kier molecular flexibility index (Phi) is 4.73. The van der Waals surface area contributed by atoms with E-state index in [-0.39, 0.29) is 18.4 Å². The van der Waals surface area contributed by atoms with Crippen molar-refractivity contribution in [3.63, 3.8) is 0 Å². The largest absolute Gasteiger partial charge is 0.364 e. The molecule has 2 aliphatic rings. The Morgan fingerprint density at radius 3 is 2.26 bits per heavy atom. The summed E-state index contributed by atoms with van der Waals surface area (Å²) >= 11 is 0. The Bertz CT molecular complexity index is 872. The van der Waals surface area contributed by atoms with Crippen molar-refractivity contribution in [2.75, 3.05) is 33.2 Å². The Hall–Kier alpha value is -2.99. The summed E-state index contributed by atoms with van der Waals surface area (Å²) in [6.45, 7) is 3.39. The first-order valence-corrected chi connectivity index (χ1v) is 9.14. The lowest BCUT2D eigenvalue weighted by Crippen LogP contribution is -2.46. The summed E-state index contributed by atoms with van der Waals surface area (Å²) < 4.78 is 0. The summed E-state index contributed by atoms with van der Waals surface area (Å²) in [6.07, 6.45) is 1.67. The van der Waals surface area contributed by atoms with Gasteiger partial charge in [0.25, 0.3) is 11.8 Å². The number of hydrogen-bond acceptors (Lipinski definition) is 5. The summed E-state index contributed by atoms with van der Waals surface area (Å²) in [4.78, 5) is 36.3. The zero-order valence-electron chi connectivity index (χ0n) is 15.3. The van der Waals surface area contributed by atoms with Crippen LogP contribution in [-0.4, -0.2) is 64.7 Å². The van der Waals surface area contributed by atoms with E-state index in [1.165, 1.54) is 4.90 Å². The number of hydrogen-bond donors (Lipinski definition) is 0. The van der Waals surface area contributed by atoms with Gasteiger partial charge in [-0.3, -0.25) is 19.5 Å². The summed E-state index contributed by atoms with van der Waals surface area (Å²) in [7, 11) is 2.07. The number of aromatic nitrogens is 1. The number of amides is 2. The average Bonchev–Trinajstić information content (AvgIpc) is 2.95. The van der Waals surface area contributed by atoms with Gasteiger partial charge in [-0.2, -0.15) is 0 Å². The molecule has 1 aromatic carbocycles. The molecule has 6 heteroatoms. The molecule has 3 heterocycles. The second kappa shape index (κ2) is 7.32. The predicted octanol–water partition coefficient (Wildman–Crippen LogP) is 1.61. The van der Waals surface area contributed by atoms with Crippen molar-refractivity contribution in [1.29, 1.82) is 0 Å². The van der Waals surface area contributed by atoms with Crippen LogP contribution in [0.3, 0.4) is 0 Å². The molecule has 138 valence electrons. The molecule has 0 radical (unpaired) electrons. The van der Waals surface area contributed by atoms with Crippen LogP contribution in [0.15, 0.2) is 60.4 Å². The molecule has 0 saturated carbocycles. The van der Waals surface area contributed by atoms with Gasteiger partial charge in [-0.25, -0.2) is 0 Å². The molecule has 1 aromatic heterocycles. The number of piperazine rings is 1. The standard InChI is InChI=1S/C21H22N4O2/c1-23-11-13-24(14-12-23)19-18(16-7-3-2-4-8-16)20(26)25(21(19)27)15-17-9-5-6-10-22-17/h2-10H,11-15H2,1H3. The quantitative estimate of drug-likeness (QED) is 0.774. The van der Waals surface area contributed by atoms with Crippen LogP contribution in [0.1, 0.15) is 11.3 Å². The van der Waals surface area contributed by atoms with E-state index in [4.69, 9.17) is 0 Å². The van der Waals surface area contributed by atoms with Crippen LogP contribution >= 0.6 is 0 Å². The van der Waals surface area contributed by atoms with Crippen LogP contribution < -0.4 is 0 Å². The van der Waals surface area contributed by atoms with E-state index < -0.39 is 0 Å². The van der Waals surface area contributed by atoms with E-state index in [0.717, 1.165) is 31.7 Å². The lowest BCUT2D eigenvalue weighted by molar-refractivity contribution is -0.138. The fraction of sp³-hybridized carbons (Fsp3) is 0.286. The van der Waals surface area contributed by atoms with Gasteiger partial charge in [-0.05, 0) is 24.7 Å². The fourth-order valence-corrected chi connectivity index (χ4v) is 3.55. The van der Waals surface area contributed by atoms with Crippen molar-refractivity contribution in [3.8, 4) is 0 Å². The average molecular weight is 362 g/mol. The molecule has 27 heavy (non-hydrogen) atoms. The third kappa shape index (κ3) is 3.36. The molecule has 0 unspecified atom stereocenters. The maximum Gasteiger partial charge on any atom is 0.278 e. The predicted molar refractivity (Wildman–Crippen MR) is 102 cm³/mol. The molecule has 0 bridgehead atoms. The van der Waals surface area contributed by atoms with Gasteiger partial charge in [0.2, 0.25) is 0 Å². The topological polar surface area (TPSA) is 56.8 Å². The number of benzene rings is 1. The molecule has 2 amide bonds. The molecule has 1 fully saturated rings. The highest BCUT2D eigenvalue weighted by Gasteiger charge is 2.42. The Morgan fingerprint density at radius 2 is 1.59 bits per heavy atom. The van der Waals surface area contributed by atoms with E-state index in [0.29, 0.717) is 17.0 Å². The first kappa shape index (κ1) is 17.4. The first-order valence-electron chi connectivity index (χ1n) is 9.14. The van der Waals surface area contributed by atoms with Gasteiger partial charge in [0.05, 0.1) is 17.8 Å². The zero-order valence-corrected chi connectivity index (χ0v) is 15.3. The lowest BCUT2D eigenvalue weighted by Gasteiger charge is -2.34. The minimum Gasteiger partial charge on any atom is -0.364 e. The molecule has 4 rings (SSSR count). The smallest absolute Gasteiger partial charge is 0.278 e. The van der Waals surface area contributed by atoms with Crippen molar-refractivity contribution in [2.45, 2.75) is 6.54 Å². The molecule has 0 aliphatic carbocycles. The summed E-state index contributed by atoms with van der Waals surface area (Å²) in [6, 6.07) is 15.0. The van der Waals surface area contributed by atoms with Crippen molar-refractivity contribution in [2.24, 2.45) is 0 Å². The van der Waals surface area contributed by atoms with Gasteiger partial charge in [0.1, 0.15) is 5.70 Å². The van der Waals surface area contributed by atoms with Crippen LogP contribution in [-0.2, 0) is 16.1 Å². The molecular formula is C21H22N4O2. The van der Waals surface area contributed by atoms with Crippen molar-refractivity contribution < 1.29 is 9.59 Å². The number of pyridine rings is 1. The lowest BCUT2D eigenvalue weighted by atomic mass is 10.0. The van der Waals surface area contributed by atoms with Crippen LogP contribution in [0.4, 0.5) is 0 Å². The second-order valence-electron chi connectivity index (χ2n) is 6.90. The third-order valence-electron chi connectivity index (χ3n) is 5.07. The highest BCUT2D eigenvalue weighted by atomic mass is 16.2. The minimum atomic E-state index is -0.245. The highest BCUT2D eigenvalue weighted by Crippen LogP contribution is 2.32. The maximum atomic E-state index is 13.2. The number of rotatable bonds is 4. The molecule has 1 saturated heterocycles. The maximum absolute atomic E-state index is 13.2. The molecule has 2 aromatic rings. The minimum absolute atomic E-state index is 0.187. The SMILES string of the molecule is CN1CCN(C2=C(c3ccccc3)C(=O)N(Cc3ccccn3)C2=O)CC1. The number of nitrogens with zero attached hydrogens (tertiary/aromatic N) is 4. The van der Waals surface area contributed by atoms with Crippen LogP contribution in [0, 0.1) is 0 Å². The van der Waals surface area contributed by atoms with Crippen molar-refractivity contribution in [3.05, 3.63) is 71.7 Å². The normalized spacial score (nSPS) is 18.6. The van der Waals surface area contributed by atoms with Crippen molar-refractivity contribution >= 4 is 17.4 Å². The zero-order chi connectivity index (χ0) is 18.8. The third-order valence-corrected chi connectivity index (χ3v) is 5.07. The fourth-order valence-electron chi connectivity index (χ4n) is 3.55. The molecular weight excluding hydrogens is 340 g/mol. The van der Waals surface area contributed by atoms with E-state index in [1.54, 1.807) is 6.20 Å². The molecule has 0 atom stereocenters. The van der Waals surface area contributed by atoms with E-state index >= 15 is 0 Å². The Morgan fingerprint density at radius 1 is 0.889 bits per heavy atom. The molecule has 0 N–H and O–H groups in total. The summed E-state index contributed by atoms with van der Waals surface area (Å²) in [5, 5.41) is 0.